The standard InChI is InChI=1S/C23H30O11/c1-10(5-7-15(25)26)4-6-12-20(31-3)11(2)13-9-32-22(30)16(13)21(12)34-23-19(29)18(28)17(27)14(8-24)33-23/h4,14,17-19,23-24,27-29H,5-9H2,1-3H3,(H,25,26)/b10-4+/t14-,17-,18-,19+,23+/m1/s1. The number of carboxylic acids is 1. The van der Waals surface area contributed by atoms with Crippen molar-refractivity contribution in [2.45, 2.75) is 70.4 Å². The zero-order valence-corrected chi connectivity index (χ0v) is 19.2. The van der Waals surface area contributed by atoms with Crippen molar-refractivity contribution in [3.8, 4) is 11.5 Å². The van der Waals surface area contributed by atoms with Crippen LogP contribution in [-0.2, 0) is 27.3 Å². The lowest BCUT2D eigenvalue weighted by Gasteiger charge is -2.40. The first-order valence-electron chi connectivity index (χ1n) is 10.8. The first kappa shape index (κ1) is 25.9. The number of methoxy groups -OCH3 is 1. The molecule has 188 valence electrons. The van der Waals surface area contributed by atoms with Crippen LogP contribution in [0.5, 0.6) is 11.5 Å². The van der Waals surface area contributed by atoms with Gasteiger partial charge in [0.25, 0.3) is 0 Å². The fourth-order valence-electron chi connectivity index (χ4n) is 4.10. The number of allylic oxidation sites excluding steroid dienone is 2. The van der Waals surface area contributed by atoms with Gasteiger partial charge < -0.3 is 44.5 Å². The number of cyclic esters (lactones) is 1. The number of aliphatic hydroxyl groups excluding tert-OH is 4. The molecule has 0 bridgehead atoms. The van der Waals surface area contributed by atoms with Crippen molar-refractivity contribution >= 4 is 11.9 Å². The number of aliphatic hydroxyl groups is 4. The number of carbonyl (C=O) groups is 2. The van der Waals surface area contributed by atoms with Gasteiger partial charge in [-0.2, -0.15) is 0 Å². The summed E-state index contributed by atoms with van der Waals surface area (Å²) < 4.78 is 22.2. The van der Waals surface area contributed by atoms with Gasteiger partial charge in [0.2, 0.25) is 6.29 Å². The Balaban J connectivity index is 2.06. The number of rotatable bonds is 9. The smallest absolute Gasteiger partial charge is 0.342 e. The SMILES string of the molecule is COc1c(C)c2c(c(O[C@@H]3O[C@H](CO)[C@@H](O)[C@@H](O)[C@@H]3O)c1C/C=C(\C)CCC(=O)O)C(=O)OC2. The Bertz CT molecular complexity index is 968. The van der Waals surface area contributed by atoms with Crippen molar-refractivity contribution in [3.63, 3.8) is 0 Å². The maximum absolute atomic E-state index is 12.6. The Labute approximate surface area is 196 Å². The molecule has 0 radical (unpaired) electrons. The number of benzene rings is 1. The molecule has 11 heteroatoms. The van der Waals surface area contributed by atoms with Gasteiger partial charge in [-0.3, -0.25) is 4.79 Å². The van der Waals surface area contributed by atoms with Crippen LogP contribution < -0.4 is 9.47 Å². The van der Waals surface area contributed by atoms with Crippen molar-refractivity contribution in [1.29, 1.82) is 0 Å². The molecule has 1 aromatic rings. The predicted molar refractivity (Wildman–Crippen MR) is 116 cm³/mol. The second-order valence-corrected chi connectivity index (χ2v) is 8.36. The number of fused-ring (bicyclic) bond motifs is 1. The van der Waals surface area contributed by atoms with Gasteiger partial charge in [-0.05, 0) is 32.3 Å². The number of hydrogen-bond donors (Lipinski definition) is 5. The first-order chi connectivity index (χ1) is 16.1. The zero-order valence-electron chi connectivity index (χ0n) is 19.2. The van der Waals surface area contributed by atoms with Crippen LogP contribution in [0, 0.1) is 6.92 Å². The Kier molecular flexibility index (Phi) is 8.16. The summed E-state index contributed by atoms with van der Waals surface area (Å²) in [5, 5.41) is 49.0. The number of aliphatic carboxylic acids is 1. The number of carboxylic acid groups (broad SMARTS) is 1. The largest absolute Gasteiger partial charge is 0.496 e. The second kappa shape index (κ2) is 10.7. The van der Waals surface area contributed by atoms with E-state index in [1.54, 1.807) is 19.9 Å². The molecule has 3 rings (SSSR count). The first-order valence-corrected chi connectivity index (χ1v) is 10.8. The minimum absolute atomic E-state index is 0.00480. The summed E-state index contributed by atoms with van der Waals surface area (Å²) in [6.45, 7) is 2.90. The molecule has 2 heterocycles. The lowest BCUT2D eigenvalue weighted by atomic mass is 9.94. The van der Waals surface area contributed by atoms with Gasteiger partial charge in [-0.15, -0.1) is 0 Å². The van der Waals surface area contributed by atoms with Crippen molar-refractivity contribution < 1.29 is 54.1 Å². The number of ether oxygens (including phenoxy) is 4. The van der Waals surface area contributed by atoms with Crippen molar-refractivity contribution in [1.82, 2.24) is 0 Å². The number of carbonyl (C=O) groups excluding carboxylic acids is 1. The molecule has 0 spiro atoms. The highest BCUT2D eigenvalue weighted by atomic mass is 16.7. The number of esters is 1. The molecule has 1 aromatic carbocycles. The Morgan fingerprint density at radius 2 is 1.85 bits per heavy atom. The quantitative estimate of drug-likeness (QED) is 0.240. The molecule has 0 unspecified atom stereocenters. The van der Waals surface area contributed by atoms with Crippen molar-refractivity contribution in [2.24, 2.45) is 0 Å². The number of hydrogen-bond acceptors (Lipinski definition) is 10. The Hall–Kier alpha value is -2.70. The van der Waals surface area contributed by atoms with Gasteiger partial charge in [-0.1, -0.05) is 11.6 Å². The van der Waals surface area contributed by atoms with Gasteiger partial charge in [0, 0.05) is 17.5 Å². The predicted octanol–water partition coefficient (Wildman–Crippen LogP) is 0.206. The summed E-state index contributed by atoms with van der Waals surface area (Å²) in [7, 11) is 1.45. The maximum Gasteiger partial charge on any atom is 0.342 e. The minimum Gasteiger partial charge on any atom is -0.496 e. The minimum atomic E-state index is -1.68. The summed E-state index contributed by atoms with van der Waals surface area (Å²) in [4.78, 5) is 23.5. The molecule has 2 aliphatic heterocycles. The highest BCUT2D eigenvalue weighted by Crippen LogP contribution is 2.44. The summed E-state index contributed by atoms with van der Waals surface area (Å²) in [6.07, 6.45) is -5.36. The third-order valence-electron chi connectivity index (χ3n) is 6.10. The van der Waals surface area contributed by atoms with E-state index in [0.29, 0.717) is 28.9 Å². The van der Waals surface area contributed by atoms with Gasteiger partial charge in [0.1, 0.15) is 48.1 Å². The highest BCUT2D eigenvalue weighted by molar-refractivity contribution is 5.98. The zero-order chi connectivity index (χ0) is 25.2. The van der Waals surface area contributed by atoms with E-state index < -0.39 is 49.3 Å². The van der Waals surface area contributed by atoms with Gasteiger partial charge >= 0.3 is 11.9 Å². The Morgan fingerprint density at radius 1 is 1.15 bits per heavy atom. The van der Waals surface area contributed by atoms with Crippen molar-refractivity contribution in [3.05, 3.63) is 33.9 Å². The molecule has 0 aromatic heterocycles. The van der Waals surface area contributed by atoms with E-state index in [2.05, 4.69) is 0 Å². The van der Waals surface area contributed by atoms with Crippen LogP contribution in [0.25, 0.3) is 0 Å². The van der Waals surface area contributed by atoms with E-state index in [-0.39, 0.29) is 30.8 Å². The van der Waals surface area contributed by atoms with E-state index in [0.717, 1.165) is 5.57 Å². The van der Waals surface area contributed by atoms with E-state index in [9.17, 15) is 30.0 Å². The summed E-state index contributed by atoms with van der Waals surface area (Å²) >= 11 is 0. The third-order valence-corrected chi connectivity index (χ3v) is 6.10. The molecule has 5 N–H and O–H groups in total. The van der Waals surface area contributed by atoms with Gasteiger partial charge in [0.05, 0.1) is 13.7 Å². The van der Waals surface area contributed by atoms with E-state index in [4.69, 9.17) is 24.1 Å². The molecule has 5 atom stereocenters. The van der Waals surface area contributed by atoms with Crippen LogP contribution in [0.3, 0.4) is 0 Å². The monoisotopic (exact) mass is 482 g/mol. The summed E-state index contributed by atoms with van der Waals surface area (Å²) in [5.41, 5.74) is 2.56. The van der Waals surface area contributed by atoms with E-state index >= 15 is 0 Å². The highest BCUT2D eigenvalue weighted by Gasteiger charge is 2.46. The maximum atomic E-state index is 12.6. The lowest BCUT2D eigenvalue weighted by Crippen LogP contribution is -2.60. The van der Waals surface area contributed by atoms with Gasteiger partial charge in [-0.25, -0.2) is 4.79 Å². The van der Waals surface area contributed by atoms with Crippen molar-refractivity contribution in [2.75, 3.05) is 13.7 Å². The van der Waals surface area contributed by atoms with Crippen LogP contribution in [-0.4, -0.2) is 81.9 Å². The summed E-state index contributed by atoms with van der Waals surface area (Å²) in [6, 6.07) is 0. The Morgan fingerprint density at radius 3 is 2.47 bits per heavy atom. The fraction of sp³-hybridized carbons (Fsp3) is 0.565. The fourth-order valence-corrected chi connectivity index (χ4v) is 4.10. The molecule has 2 aliphatic rings. The average molecular weight is 482 g/mol. The van der Waals surface area contributed by atoms with Crippen LogP contribution in [0.1, 0.15) is 46.8 Å². The third kappa shape index (κ3) is 5.03. The van der Waals surface area contributed by atoms with Crippen LogP contribution in [0.4, 0.5) is 0 Å². The van der Waals surface area contributed by atoms with Crippen LogP contribution in [0.15, 0.2) is 11.6 Å². The van der Waals surface area contributed by atoms with E-state index in [1.807, 2.05) is 0 Å². The molecule has 1 saturated heterocycles. The molecule has 11 nitrogen and oxygen atoms in total. The molecule has 0 aliphatic carbocycles. The molecular formula is C23H30O11. The molecule has 0 saturated carbocycles. The molecule has 0 amide bonds. The molecule has 1 fully saturated rings. The molecule has 34 heavy (non-hydrogen) atoms. The van der Waals surface area contributed by atoms with Crippen LogP contribution in [0.2, 0.25) is 0 Å². The lowest BCUT2D eigenvalue weighted by molar-refractivity contribution is -0.277. The topological polar surface area (TPSA) is 172 Å². The average Bonchev–Trinajstić information content (AvgIpc) is 3.20. The normalized spacial score (nSPS) is 26.7. The van der Waals surface area contributed by atoms with Gasteiger partial charge in [0.15, 0.2) is 0 Å². The van der Waals surface area contributed by atoms with E-state index in [1.165, 1.54) is 7.11 Å². The summed E-state index contributed by atoms with van der Waals surface area (Å²) in [5.74, 6) is -1.13. The molecular weight excluding hydrogens is 452 g/mol. The second-order valence-electron chi connectivity index (χ2n) is 8.36. The van der Waals surface area contributed by atoms with Crippen LogP contribution >= 0.6 is 0 Å².